The molecule has 7 nitrogen and oxygen atoms in total. The van der Waals surface area contributed by atoms with E-state index in [1.54, 1.807) is 11.8 Å². The van der Waals surface area contributed by atoms with Gasteiger partial charge in [0.15, 0.2) is 5.96 Å². The van der Waals surface area contributed by atoms with Crippen LogP contribution in [0.1, 0.15) is 18.1 Å². The third-order valence-corrected chi connectivity index (χ3v) is 3.82. The minimum absolute atomic E-state index is 0.515. The van der Waals surface area contributed by atoms with Crippen LogP contribution < -0.4 is 10.1 Å². The quantitative estimate of drug-likeness (QED) is 0.422. The second kappa shape index (κ2) is 10.5. The molecule has 0 atom stereocenters. The van der Waals surface area contributed by atoms with E-state index in [1.165, 1.54) is 0 Å². The third kappa shape index (κ3) is 6.07. The summed E-state index contributed by atoms with van der Waals surface area (Å²) in [6.45, 7) is 5.29. The van der Waals surface area contributed by atoms with Gasteiger partial charge in [-0.05, 0) is 13.0 Å². The Bertz CT molecular complexity index is 699. The number of aliphatic imine (C=N–C) groups is 1. The van der Waals surface area contributed by atoms with E-state index in [0.717, 1.165) is 35.9 Å². The first-order valence-electron chi connectivity index (χ1n) is 8.80. The van der Waals surface area contributed by atoms with Gasteiger partial charge in [-0.1, -0.05) is 18.2 Å². The maximum atomic E-state index is 5.75. The van der Waals surface area contributed by atoms with E-state index in [4.69, 9.17) is 9.47 Å². The lowest BCUT2D eigenvalue weighted by atomic mass is 10.2. The summed E-state index contributed by atoms with van der Waals surface area (Å²) in [7, 11) is 5.61. The number of aromatic nitrogens is 2. The molecule has 1 aromatic carbocycles. The number of ether oxygens (including phenoxy) is 2. The van der Waals surface area contributed by atoms with Gasteiger partial charge in [0.05, 0.1) is 33.1 Å². The van der Waals surface area contributed by atoms with Crippen molar-refractivity contribution in [1.82, 2.24) is 20.0 Å². The van der Waals surface area contributed by atoms with Crippen molar-refractivity contribution in [3.8, 4) is 5.75 Å². The third-order valence-electron chi connectivity index (χ3n) is 3.82. The first kappa shape index (κ1) is 19.8. The van der Waals surface area contributed by atoms with Crippen molar-refractivity contribution in [3.63, 3.8) is 0 Å². The molecular weight excluding hydrogens is 330 g/mol. The highest BCUT2D eigenvalue weighted by molar-refractivity contribution is 5.79. The zero-order valence-corrected chi connectivity index (χ0v) is 16.1. The Balaban J connectivity index is 1.82. The molecule has 2 rings (SSSR count). The molecular formula is C19H29N5O2. The van der Waals surface area contributed by atoms with Crippen molar-refractivity contribution in [1.29, 1.82) is 0 Å². The number of hydrogen-bond acceptors (Lipinski definition) is 4. The molecule has 0 aliphatic carbocycles. The fourth-order valence-corrected chi connectivity index (χ4v) is 2.59. The molecule has 0 radical (unpaired) electrons. The summed E-state index contributed by atoms with van der Waals surface area (Å²) < 4.78 is 12.9. The molecule has 0 saturated carbocycles. The lowest BCUT2D eigenvalue weighted by molar-refractivity contribution is 0.126. The van der Waals surface area contributed by atoms with E-state index >= 15 is 0 Å². The zero-order chi connectivity index (χ0) is 18.8. The molecule has 26 heavy (non-hydrogen) atoms. The van der Waals surface area contributed by atoms with Crippen molar-refractivity contribution >= 4 is 5.96 Å². The van der Waals surface area contributed by atoms with Gasteiger partial charge in [0, 0.05) is 44.5 Å². The number of methoxy groups -OCH3 is 1. The topological polar surface area (TPSA) is 63.9 Å². The Kier molecular flexibility index (Phi) is 7.95. The lowest BCUT2D eigenvalue weighted by Crippen LogP contribution is -2.38. The molecule has 1 aromatic heterocycles. The SMILES string of the molecule is CCNC(=NCCOCc1ccccc1OC)N(C)Cc1cnn(C)c1. The summed E-state index contributed by atoms with van der Waals surface area (Å²) in [6, 6.07) is 7.88. The Hall–Kier alpha value is -2.54. The molecule has 0 spiro atoms. The molecule has 142 valence electrons. The second-order valence-corrected chi connectivity index (χ2v) is 5.98. The minimum atomic E-state index is 0.515. The molecule has 0 unspecified atom stereocenters. The normalized spacial score (nSPS) is 11.5. The zero-order valence-electron chi connectivity index (χ0n) is 16.1. The van der Waals surface area contributed by atoms with E-state index in [1.807, 2.05) is 50.8 Å². The number of guanidine groups is 1. The van der Waals surface area contributed by atoms with Gasteiger partial charge in [0.25, 0.3) is 0 Å². The van der Waals surface area contributed by atoms with Crippen LogP contribution in [-0.2, 0) is 24.9 Å². The number of aryl methyl sites for hydroxylation is 1. The molecule has 0 aliphatic rings. The van der Waals surface area contributed by atoms with Gasteiger partial charge in [-0.3, -0.25) is 9.67 Å². The van der Waals surface area contributed by atoms with Gasteiger partial charge in [0.1, 0.15) is 5.75 Å². The van der Waals surface area contributed by atoms with Crippen LogP contribution in [0.4, 0.5) is 0 Å². The molecule has 0 amide bonds. The smallest absolute Gasteiger partial charge is 0.194 e. The number of benzene rings is 1. The van der Waals surface area contributed by atoms with Crippen LogP contribution in [-0.4, -0.2) is 54.5 Å². The standard InChI is InChI=1S/C19H29N5O2/c1-5-20-19(23(2)13-16-12-22-24(3)14-16)21-10-11-26-15-17-8-6-7-9-18(17)25-4/h6-9,12,14H,5,10-11,13,15H2,1-4H3,(H,20,21). The van der Waals surface area contributed by atoms with Gasteiger partial charge in [-0.25, -0.2) is 0 Å². The van der Waals surface area contributed by atoms with E-state index in [0.29, 0.717) is 19.8 Å². The van der Waals surface area contributed by atoms with Gasteiger partial charge in [0.2, 0.25) is 0 Å². The van der Waals surface area contributed by atoms with Crippen molar-refractivity contribution in [2.24, 2.45) is 12.0 Å². The summed E-state index contributed by atoms with van der Waals surface area (Å²) >= 11 is 0. The highest BCUT2D eigenvalue weighted by Gasteiger charge is 2.07. The minimum Gasteiger partial charge on any atom is -0.496 e. The summed E-state index contributed by atoms with van der Waals surface area (Å²) in [5, 5.41) is 7.51. The largest absolute Gasteiger partial charge is 0.496 e. The average molecular weight is 359 g/mol. The van der Waals surface area contributed by atoms with E-state index in [-0.39, 0.29) is 0 Å². The Morgan fingerprint density at radius 2 is 2.15 bits per heavy atom. The number of nitrogens with zero attached hydrogens (tertiary/aromatic N) is 4. The number of nitrogens with one attached hydrogen (secondary N) is 1. The van der Waals surface area contributed by atoms with Crippen molar-refractivity contribution < 1.29 is 9.47 Å². The summed E-state index contributed by atoms with van der Waals surface area (Å²) in [4.78, 5) is 6.72. The Morgan fingerprint density at radius 3 is 2.85 bits per heavy atom. The predicted octanol–water partition coefficient (Wildman–Crippen LogP) is 2.04. The van der Waals surface area contributed by atoms with Crippen molar-refractivity contribution in [2.45, 2.75) is 20.1 Å². The molecule has 0 fully saturated rings. The molecule has 2 aromatic rings. The van der Waals surface area contributed by atoms with Gasteiger partial charge < -0.3 is 19.7 Å². The predicted molar refractivity (Wildman–Crippen MR) is 103 cm³/mol. The van der Waals surface area contributed by atoms with Crippen LogP contribution in [0, 0.1) is 0 Å². The van der Waals surface area contributed by atoms with Crippen molar-refractivity contribution in [3.05, 3.63) is 47.8 Å². The lowest BCUT2D eigenvalue weighted by Gasteiger charge is -2.21. The molecule has 0 aliphatic heterocycles. The van der Waals surface area contributed by atoms with Crippen LogP contribution in [0.2, 0.25) is 0 Å². The Labute approximate surface area is 155 Å². The molecule has 1 heterocycles. The van der Waals surface area contributed by atoms with Crippen LogP contribution in [0.5, 0.6) is 5.75 Å². The van der Waals surface area contributed by atoms with E-state index < -0.39 is 0 Å². The summed E-state index contributed by atoms with van der Waals surface area (Å²) in [5.74, 6) is 1.71. The second-order valence-electron chi connectivity index (χ2n) is 5.98. The van der Waals surface area contributed by atoms with E-state index in [9.17, 15) is 0 Å². The molecule has 0 bridgehead atoms. The summed E-state index contributed by atoms with van der Waals surface area (Å²) in [6.07, 6.45) is 3.88. The van der Waals surface area contributed by atoms with Gasteiger partial charge in [-0.15, -0.1) is 0 Å². The fourth-order valence-electron chi connectivity index (χ4n) is 2.59. The maximum Gasteiger partial charge on any atom is 0.194 e. The van der Waals surface area contributed by atoms with Crippen LogP contribution in [0.15, 0.2) is 41.7 Å². The summed E-state index contributed by atoms with van der Waals surface area (Å²) in [5.41, 5.74) is 2.19. The average Bonchev–Trinajstić information content (AvgIpc) is 3.05. The van der Waals surface area contributed by atoms with Gasteiger partial charge in [-0.2, -0.15) is 5.10 Å². The van der Waals surface area contributed by atoms with Crippen LogP contribution in [0.3, 0.4) is 0 Å². The van der Waals surface area contributed by atoms with Gasteiger partial charge >= 0.3 is 0 Å². The molecule has 0 saturated heterocycles. The first-order valence-corrected chi connectivity index (χ1v) is 8.80. The number of para-hydroxylation sites is 1. The highest BCUT2D eigenvalue weighted by Crippen LogP contribution is 2.17. The fraction of sp³-hybridized carbons (Fsp3) is 0.474. The van der Waals surface area contributed by atoms with Crippen LogP contribution in [0.25, 0.3) is 0 Å². The maximum absolute atomic E-state index is 5.75. The van der Waals surface area contributed by atoms with Crippen molar-refractivity contribution in [2.75, 3.05) is 33.9 Å². The molecule has 1 N–H and O–H groups in total. The Morgan fingerprint density at radius 1 is 1.35 bits per heavy atom. The first-order chi connectivity index (χ1) is 12.6. The highest BCUT2D eigenvalue weighted by atomic mass is 16.5. The number of rotatable bonds is 9. The monoisotopic (exact) mass is 359 g/mol. The molecule has 7 heteroatoms. The number of hydrogen-bond donors (Lipinski definition) is 1. The van der Waals surface area contributed by atoms with E-state index in [2.05, 4.69) is 27.2 Å². The van der Waals surface area contributed by atoms with Crippen LogP contribution >= 0.6 is 0 Å².